The second-order valence-corrected chi connectivity index (χ2v) is 4.47. The van der Waals surface area contributed by atoms with E-state index in [1.165, 1.54) is 12.1 Å². The summed E-state index contributed by atoms with van der Waals surface area (Å²) in [6.07, 6.45) is 0. The van der Waals surface area contributed by atoms with Crippen molar-refractivity contribution in [3.63, 3.8) is 0 Å². The van der Waals surface area contributed by atoms with Crippen LogP contribution in [0.3, 0.4) is 0 Å². The SMILES string of the molecule is Cc1c(CNc2ccc([N+](=O)[O-])cc2)cc(C#N)n1C. The van der Waals surface area contributed by atoms with Gasteiger partial charge in [-0.15, -0.1) is 0 Å². The first-order valence-electron chi connectivity index (χ1n) is 6.06. The summed E-state index contributed by atoms with van der Waals surface area (Å²) in [5.74, 6) is 0. The molecule has 0 atom stereocenters. The largest absolute Gasteiger partial charge is 0.381 e. The minimum absolute atomic E-state index is 0.0678. The quantitative estimate of drug-likeness (QED) is 0.683. The van der Waals surface area contributed by atoms with Crippen molar-refractivity contribution in [1.82, 2.24) is 4.57 Å². The lowest BCUT2D eigenvalue weighted by molar-refractivity contribution is -0.384. The second-order valence-electron chi connectivity index (χ2n) is 4.47. The van der Waals surface area contributed by atoms with Crippen molar-refractivity contribution in [3.05, 3.63) is 57.4 Å². The Kier molecular flexibility index (Phi) is 3.71. The van der Waals surface area contributed by atoms with Crippen LogP contribution in [0.4, 0.5) is 11.4 Å². The molecule has 0 unspecified atom stereocenters. The smallest absolute Gasteiger partial charge is 0.269 e. The molecule has 2 aromatic rings. The van der Waals surface area contributed by atoms with Crippen molar-refractivity contribution in [2.45, 2.75) is 13.5 Å². The van der Waals surface area contributed by atoms with Gasteiger partial charge >= 0.3 is 0 Å². The Hall–Kier alpha value is -2.81. The van der Waals surface area contributed by atoms with Crippen LogP contribution in [0.15, 0.2) is 30.3 Å². The highest BCUT2D eigenvalue weighted by Crippen LogP contribution is 2.18. The Labute approximate surface area is 116 Å². The third-order valence-corrected chi connectivity index (χ3v) is 3.32. The van der Waals surface area contributed by atoms with E-state index < -0.39 is 4.92 Å². The minimum Gasteiger partial charge on any atom is -0.381 e. The highest BCUT2D eigenvalue weighted by atomic mass is 16.6. The lowest BCUT2D eigenvalue weighted by Gasteiger charge is -2.06. The van der Waals surface area contributed by atoms with Gasteiger partial charge in [-0.2, -0.15) is 5.26 Å². The molecule has 20 heavy (non-hydrogen) atoms. The minimum atomic E-state index is -0.426. The lowest BCUT2D eigenvalue weighted by atomic mass is 10.2. The summed E-state index contributed by atoms with van der Waals surface area (Å²) in [6, 6.07) is 10.2. The van der Waals surface area contributed by atoms with E-state index in [0.29, 0.717) is 12.2 Å². The zero-order valence-corrected chi connectivity index (χ0v) is 11.3. The van der Waals surface area contributed by atoms with Gasteiger partial charge in [0.25, 0.3) is 5.69 Å². The normalized spacial score (nSPS) is 10.1. The standard InChI is InChI=1S/C14H14N4O2/c1-10-11(7-14(8-15)17(10)2)9-16-12-3-5-13(6-4-12)18(19)20/h3-7,16H,9H2,1-2H3. The third-order valence-electron chi connectivity index (χ3n) is 3.32. The van der Waals surface area contributed by atoms with Gasteiger partial charge in [0, 0.05) is 37.1 Å². The molecule has 1 aromatic carbocycles. The van der Waals surface area contributed by atoms with Crippen molar-refractivity contribution >= 4 is 11.4 Å². The number of nitriles is 1. The summed E-state index contributed by atoms with van der Waals surface area (Å²) < 4.78 is 1.84. The topological polar surface area (TPSA) is 83.9 Å². The van der Waals surface area contributed by atoms with E-state index in [2.05, 4.69) is 11.4 Å². The fourth-order valence-corrected chi connectivity index (χ4v) is 1.95. The van der Waals surface area contributed by atoms with Gasteiger partial charge in [0.2, 0.25) is 0 Å². The van der Waals surface area contributed by atoms with Crippen LogP contribution in [-0.4, -0.2) is 9.49 Å². The van der Waals surface area contributed by atoms with Crippen molar-refractivity contribution < 1.29 is 4.92 Å². The molecular weight excluding hydrogens is 256 g/mol. The molecule has 1 aromatic heterocycles. The number of rotatable bonds is 4. The number of anilines is 1. The number of nitrogens with zero attached hydrogens (tertiary/aromatic N) is 3. The predicted octanol–water partition coefficient (Wildman–Crippen LogP) is 2.73. The molecule has 1 heterocycles. The fourth-order valence-electron chi connectivity index (χ4n) is 1.95. The first-order valence-corrected chi connectivity index (χ1v) is 6.06. The zero-order chi connectivity index (χ0) is 14.7. The van der Waals surface area contributed by atoms with E-state index in [0.717, 1.165) is 16.9 Å². The first-order chi connectivity index (χ1) is 9.52. The number of non-ortho nitro benzene ring substituents is 1. The molecule has 0 aliphatic heterocycles. The Bertz CT molecular complexity index is 680. The zero-order valence-electron chi connectivity index (χ0n) is 11.3. The summed E-state index contributed by atoms with van der Waals surface area (Å²) in [5, 5.41) is 22.7. The Morgan fingerprint density at radius 1 is 1.40 bits per heavy atom. The molecule has 0 amide bonds. The van der Waals surface area contributed by atoms with Gasteiger partial charge in [-0.1, -0.05) is 0 Å². The van der Waals surface area contributed by atoms with Crippen molar-refractivity contribution in [3.8, 4) is 6.07 Å². The molecule has 0 bridgehead atoms. The molecule has 0 spiro atoms. The maximum Gasteiger partial charge on any atom is 0.269 e. The summed E-state index contributed by atoms with van der Waals surface area (Å²) in [6.45, 7) is 2.52. The monoisotopic (exact) mass is 270 g/mol. The number of hydrogen-bond donors (Lipinski definition) is 1. The average molecular weight is 270 g/mol. The molecule has 0 aliphatic rings. The van der Waals surface area contributed by atoms with Crippen LogP contribution in [0.25, 0.3) is 0 Å². The van der Waals surface area contributed by atoms with Gasteiger partial charge in [0.15, 0.2) is 0 Å². The lowest BCUT2D eigenvalue weighted by Crippen LogP contribution is -2.01. The molecule has 0 fully saturated rings. The van der Waals surface area contributed by atoms with Gasteiger partial charge < -0.3 is 9.88 Å². The van der Waals surface area contributed by atoms with Gasteiger partial charge in [-0.05, 0) is 30.7 Å². The fraction of sp³-hybridized carbons (Fsp3) is 0.214. The van der Waals surface area contributed by atoms with Gasteiger partial charge in [0.05, 0.1) is 4.92 Å². The molecule has 0 aliphatic carbocycles. The summed E-state index contributed by atoms with van der Waals surface area (Å²) in [5.41, 5.74) is 3.54. The van der Waals surface area contributed by atoms with Crippen LogP contribution < -0.4 is 5.32 Å². The van der Waals surface area contributed by atoms with Crippen LogP contribution >= 0.6 is 0 Å². The molecule has 0 radical (unpaired) electrons. The van der Waals surface area contributed by atoms with Crippen molar-refractivity contribution in [2.24, 2.45) is 7.05 Å². The van der Waals surface area contributed by atoms with E-state index in [4.69, 9.17) is 5.26 Å². The van der Waals surface area contributed by atoms with E-state index in [1.807, 2.05) is 24.6 Å². The third kappa shape index (κ3) is 2.62. The highest BCUT2D eigenvalue weighted by Gasteiger charge is 2.09. The van der Waals surface area contributed by atoms with Crippen LogP contribution in [0.1, 0.15) is 17.0 Å². The second kappa shape index (κ2) is 5.45. The number of nitro groups is 1. The van der Waals surface area contributed by atoms with E-state index in [-0.39, 0.29) is 5.69 Å². The molecule has 2 rings (SSSR count). The van der Waals surface area contributed by atoms with E-state index in [1.54, 1.807) is 12.1 Å². The molecule has 6 heteroatoms. The van der Waals surface area contributed by atoms with Crippen LogP contribution in [0, 0.1) is 28.4 Å². The Morgan fingerprint density at radius 3 is 2.55 bits per heavy atom. The van der Waals surface area contributed by atoms with Crippen LogP contribution in [0.5, 0.6) is 0 Å². The Balaban J connectivity index is 2.09. The average Bonchev–Trinajstić information content (AvgIpc) is 2.73. The van der Waals surface area contributed by atoms with Crippen LogP contribution in [0.2, 0.25) is 0 Å². The number of nitrogens with one attached hydrogen (secondary N) is 1. The van der Waals surface area contributed by atoms with Gasteiger partial charge in [-0.25, -0.2) is 0 Å². The molecule has 6 nitrogen and oxygen atoms in total. The van der Waals surface area contributed by atoms with Gasteiger partial charge in [0.1, 0.15) is 11.8 Å². The van der Waals surface area contributed by atoms with Gasteiger partial charge in [-0.3, -0.25) is 10.1 Å². The summed E-state index contributed by atoms with van der Waals surface area (Å²) in [7, 11) is 1.85. The van der Waals surface area contributed by atoms with E-state index >= 15 is 0 Å². The molecular formula is C14H14N4O2. The number of benzene rings is 1. The number of aromatic nitrogens is 1. The highest BCUT2D eigenvalue weighted by molar-refractivity contribution is 5.49. The molecule has 1 N–H and O–H groups in total. The molecule has 0 saturated heterocycles. The summed E-state index contributed by atoms with van der Waals surface area (Å²) in [4.78, 5) is 10.1. The van der Waals surface area contributed by atoms with Crippen LogP contribution in [-0.2, 0) is 13.6 Å². The van der Waals surface area contributed by atoms with Crippen molar-refractivity contribution in [1.29, 1.82) is 5.26 Å². The number of nitro benzene ring substituents is 1. The van der Waals surface area contributed by atoms with Crippen molar-refractivity contribution in [2.75, 3.05) is 5.32 Å². The maximum absolute atomic E-state index is 10.6. The van der Waals surface area contributed by atoms with E-state index in [9.17, 15) is 10.1 Å². The predicted molar refractivity (Wildman–Crippen MR) is 75.3 cm³/mol. The molecule has 0 saturated carbocycles. The summed E-state index contributed by atoms with van der Waals surface area (Å²) >= 11 is 0. The number of hydrogen-bond acceptors (Lipinski definition) is 4. The maximum atomic E-state index is 10.6. The Morgan fingerprint density at radius 2 is 2.05 bits per heavy atom. The first kappa shape index (κ1) is 13.6. The molecule has 102 valence electrons.